The van der Waals surface area contributed by atoms with Gasteiger partial charge in [0, 0.05) is 11.1 Å². The molecular weight excluding hydrogens is 264 g/mol. The van der Waals surface area contributed by atoms with Crippen LogP contribution in [0, 0.1) is 0 Å². The summed E-state index contributed by atoms with van der Waals surface area (Å²) in [5.41, 5.74) is 8.38. The van der Waals surface area contributed by atoms with Crippen molar-refractivity contribution < 1.29 is 5.11 Å². The van der Waals surface area contributed by atoms with Gasteiger partial charge in [-0.25, -0.2) is 4.98 Å². The number of anilines is 3. The van der Waals surface area contributed by atoms with Crippen LogP contribution in [0.3, 0.4) is 0 Å². The highest BCUT2D eigenvalue weighted by atomic mass is 16.3. The molecule has 0 amide bonds. The highest BCUT2D eigenvalue weighted by Crippen LogP contribution is 2.23. The molecule has 0 fully saturated rings. The second kappa shape index (κ2) is 5.38. The van der Waals surface area contributed by atoms with Crippen LogP contribution >= 0.6 is 0 Å². The zero-order chi connectivity index (χ0) is 14.8. The fourth-order valence-corrected chi connectivity index (χ4v) is 2.16. The normalized spacial score (nSPS) is 12.3. The number of nitrogens with two attached hydrogens (primary N) is 1. The van der Waals surface area contributed by atoms with Gasteiger partial charge in [-0.2, -0.15) is 4.98 Å². The van der Waals surface area contributed by atoms with Crippen LogP contribution in [0.1, 0.15) is 18.6 Å². The number of aliphatic hydroxyl groups is 1. The zero-order valence-electron chi connectivity index (χ0n) is 11.6. The van der Waals surface area contributed by atoms with Crippen molar-refractivity contribution in [3.8, 4) is 0 Å². The van der Waals surface area contributed by atoms with E-state index in [1.165, 1.54) is 0 Å². The minimum Gasteiger partial charge on any atom is -0.389 e. The first-order chi connectivity index (χ1) is 10.1. The highest BCUT2D eigenvalue weighted by molar-refractivity contribution is 5.89. The Morgan fingerprint density at radius 2 is 1.90 bits per heavy atom. The summed E-state index contributed by atoms with van der Waals surface area (Å²) in [4.78, 5) is 8.71. The predicted octanol–water partition coefficient (Wildman–Crippen LogP) is 3.01. The van der Waals surface area contributed by atoms with E-state index >= 15 is 0 Å². The van der Waals surface area contributed by atoms with E-state index in [4.69, 9.17) is 5.73 Å². The van der Waals surface area contributed by atoms with E-state index < -0.39 is 6.10 Å². The maximum atomic E-state index is 9.62. The second-order valence-corrected chi connectivity index (χ2v) is 4.88. The predicted molar refractivity (Wildman–Crippen MR) is 84.3 cm³/mol. The van der Waals surface area contributed by atoms with Crippen LogP contribution in [0.2, 0.25) is 0 Å². The third-order valence-electron chi connectivity index (χ3n) is 3.26. The molecule has 5 nitrogen and oxygen atoms in total. The van der Waals surface area contributed by atoms with E-state index in [0.717, 1.165) is 22.2 Å². The van der Waals surface area contributed by atoms with Crippen LogP contribution in [0.5, 0.6) is 0 Å². The average molecular weight is 280 g/mol. The first kappa shape index (κ1) is 13.3. The minimum atomic E-state index is -0.519. The van der Waals surface area contributed by atoms with Crippen molar-refractivity contribution in [2.45, 2.75) is 13.0 Å². The van der Waals surface area contributed by atoms with Gasteiger partial charge in [0.2, 0.25) is 5.95 Å². The Hall–Kier alpha value is -2.66. The Labute approximate surface area is 122 Å². The van der Waals surface area contributed by atoms with Gasteiger partial charge in [0.15, 0.2) is 0 Å². The molecule has 21 heavy (non-hydrogen) atoms. The Bertz CT molecular complexity index is 786. The van der Waals surface area contributed by atoms with Crippen molar-refractivity contribution in [2.75, 3.05) is 11.1 Å². The Morgan fingerprint density at radius 1 is 1.10 bits per heavy atom. The Balaban J connectivity index is 1.96. The molecule has 0 spiro atoms. The van der Waals surface area contributed by atoms with Gasteiger partial charge >= 0.3 is 0 Å². The Kier molecular flexibility index (Phi) is 3.41. The number of aromatic nitrogens is 2. The van der Waals surface area contributed by atoms with Crippen LogP contribution in [-0.4, -0.2) is 15.1 Å². The lowest BCUT2D eigenvalue weighted by atomic mass is 10.1. The number of nitrogens with one attached hydrogen (secondary N) is 1. The molecule has 2 aromatic carbocycles. The summed E-state index contributed by atoms with van der Waals surface area (Å²) in [6.07, 6.45) is -0.519. The van der Waals surface area contributed by atoms with E-state index in [2.05, 4.69) is 15.3 Å². The van der Waals surface area contributed by atoms with Gasteiger partial charge in [0.05, 0.1) is 11.6 Å². The van der Waals surface area contributed by atoms with Crippen LogP contribution in [-0.2, 0) is 0 Å². The van der Waals surface area contributed by atoms with Gasteiger partial charge in [0.25, 0.3) is 0 Å². The molecule has 0 aliphatic heterocycles. The van der Waals surface area contributed by atoms with Crippen molar-refractivity contribution in [1.29, 1.82) is 0 Å². The van der Waals surface area contributed by atoms with E-state index in [1.54, 1.807) is 6.92 Å². The second-order valence-electron chi connectivity index (χ2n) is 4.88. The standard InChI is InChI=1S/C16H16N4O/c1-10(21)11-5-4-6-12(9-11)18-16-19-14-8-3-2-7-13(14)15(17)20-16/h2-10,21H,1H3,(H3,17,18,19,20)/t10-/m1/s1. The van der Waals surface area contributed by atoms with Crippen LogP contribution in [0.4, 0.5) is 17.5 Å². The van der Waals surface area contributed by atoms with E-state index in [-0.39, 0.29) is 0 Å². The number of nitrogen functional groups attached to an aromatic ring is 1. The van der Waals surface area contributed by atoms with E-state index in [0.29, 0.717) is 11.8 Å². The minimum absolute atomic E-state index is 0.439. The molecular formula is C16H16N4O. The van der Waals surface area contributed by atoms with Crippen LogP contribution < -0.4 is 11.1 Å². The average Bonchev–Trinajstić information content (AvgIpc) is 2.47. The molecule has 3 rings (SSSR count). The summed E-state index contributed by atoms with van der Waals surface area (Å²) < 4.78 is 0. The summed E-state index contributed by atoms with van der Waals surface area (Å²) in [5.74, 6) is 0.878. The maximum absolute atomic E-state index is 9.62. The number of rotatable bonds is 3. The molecule has 4 N–H and O–H groups in total. The topological polar surface area (TPSA) is 84.1 Å². The van der Waals surface area contributed by atoms with Gasteiger partial charge in [0.1, 0.15) is 5.82 Å². The zero-order valence-corrected chi connectivity index (χ0v) is 11.6. The number of hydrogen-bond acceptors (Lipinski definition) is 5. The number of nitrogens with zero attached hydrogens (tertiary/aromatic N) is 2. The third-order valence-corrected chi connectivity index (χ3v) is 3.26. The number of fused-ring (bicyclic) bond motifs is 1. The maximum Gasteiger partial charge on any atom is 0.229 e. The molecule has 1 heterocycles. The van der Waals surface area contributed by atoms with E-state index in [9.17, 15) is 5.11 Å². The number of hydrogen-bond donors (Lipinski definition) is 3. The summed E-state index contributed by atoms with van der Waals surface area (Å²) in [7, 11) is 0. The molecule has 1 aromatic heterocycles. The summed E-state index contributed by atoms with van der Waals surface area (Å²) in [6, 6.07) is 15.1. The molecule has 0 radical (unpaired) electrons. The van der Waals surface area contributed by atoms with Gasteiger partial charge in [-0.1, -0.05) is 24.3 Å². The van der Waals surface area contributed by atoms with Gasteiger partial charge in [-0.3, -0.25) is 0 Å². The quantitative estimate of drug-likeness (QED) is 0.687. The largest absolute Gasteiger partial charge is 0.389 e. The lowest BCUT2D eigenvalue weighted by molar-refractivity contribution is 0.199. The van der Waals surface area contributed by atoms with Gasteiger partial charge < -0.3 is 16.2 Å². The SMILES string of the molecule is C[C@@H](O)c1cccc(Nc2nc(N)c3ccccc3n2)c1. The fourth-order valence-electron chi connectivity index (χ4n) is 2.16. The summed E-state index contributed by atoms with van der Waals surface area (Å²) in [5, 5.41) is 13.6. The first-order valence-electron chi connectivity index (χ1n) is 6.71. The van der Waals surface area contributed by atoms with Crippen LogP contribution in [0.25, 0.3) is 10.9 Å². The smallest absolute Gasteiger partial charge is 0.229 e. The van der Waals surface area contributed by atoms with Crippen molar-refractivity contribution >= 4 is 28.4 Å². The summed E-state index contributed by atoms with van der Waals surface area (Å²) >= 11 is 0. The van der Waals surface area contributed by atoms with E-state index in [1.807, 2.05) is 48.5 Å². The molecule has 0 bridgehead atoms. The number of benzene rings is 2. The van der Waals surface area contributed by atoms with Crippen molar-refractivity contribution in [1.82, 2.24) is 9.97 Å². The Morgan fingerprint density at radius 3 is 2.71 bits per heavy atom. The van der Waals surface area contributed by atoms with Gasteiger partial charge in [-0.05, 0) is 36.8 Å². The molecule has 0 unspecified atom stereocenters. The molecule has 3 aromatic rings. The van der Waals surface area contributed by atoms with Crippen molar-refractivity contribution in [2.24, 2.45) is 0 Å². The molecule has 0 aliphatic carbocycles. The van der Waals surface area contributed by atoms with Crippen molar-refractivity contribution in [3.05, 3.63) is 54.1 Å². The number of para-hydroxylation sites is 1. The number of aliphatic hydroxyl groups excluding tert-OH is 1. The molecule has 0 aliphatic rings. The molecule has 1 atom stereocenters. The lowest BCUT2D eigenvalue weighted by Gasteiger charge is -2.10. The summed E-state index contributed by atoms with van der Waals surface area (Å²) in [6.45, 7) is 1.73. The third kappa shape index (κ3) is 2.78. The molecule has 0 saturated heterocycles. The first-order valence-corrected chi connectivity index (χ1v) is 6.71. The fraction of sp³-hybridized carbons (Fsp3) is 0.125. The highest BCUT2D eigenvalue weighted by Gasteiger charge is 2.06. The van der Waals surface area contributed by atoms with Gasteiger partial charge in [-0.15, -0.1) is 0 Å². The van der Waals surface area contributed by atoms with Crippen molar-refractivity contribution in [3.63, 3.8) is 0 Å². The lowest BCUT2D eigenvalue weighted by Crippen LogP contribution is -2.02. The molecule has 0 saturated carbocycles. The molecule has 5 heteroatoms. The monoisotopic (exact) mass is 280 g/mol. The van der Waals surface area contributed by atoms with Crippen LogP contribution in [0.15, 0.2) is 48.5 Å². The molecule has 106 valence electrons.